The molecule has 0 aliphatic rings. The van der Waals surface area contributed by atoms with E-state index in [1.165, 1.54) is 12.1 Å². The topological polar surface area (TPSA) is 40.5 Å². The zero-order valence-corrected chi connectivity index (χ0v) is 7.76. The Kier molecular flexibility index (Phi) is 2.31. The number of phenolic OH excluding ortho intramolecular Hbond substituents is 1. The van der Waals surface area contributed by atoms with Crippen molar-refractivity contribution in [1.29, 1.82) is 0 Å². The Bertz CT molecular complexity index is 289. The predicted octanol–water partition coefficient (Wildman–Crippen LogP) is 2.27. The van der Waals surface area contributed by atoms with Gasteiger partial charge >= 0.3 is 0 Å². The van der Waals surface area contributed by atoms with E-state index >= 15 is 0 Å². The van der Waals surface area contributed by atoms with Gasteiger partial charge < -0.3 is 10.2 Å². The Morgan fingerprint density at radius 1 is 1.33 bits per heavy atom. The van der Waals surface area contributed by atoms with Gasteiger partial charge in [-0.25, -0.2) is 0 Å². The maximum absolute atomic E-state index is 9.59. The van der Waals surface area contributed by atoms with E-state index in [-0.39, 0.29) is 5.75 Å². The fraction of sp³-hybridized carbons (Fsp3) is 0.333. The maximum Gasteiger partial charge on any atom is 0.117 e. The predicted molar refractivity (Wildman–Crippen MR) is 48.4 cm³/mol. The summed E-state index contributed by atoms with van der Waals surface area (Å²) < 4.78 is 0. The van der Waals surface area contributed by atoms with Crippen molar-refractivity contribution in [3.63, 3.8) is 0 Å². The van der Waals surface area contributed by atoms with Gasteiger partial charge in [-0.1, -0.05) is 17.7 Å². The van der Waals surface area contributed by atoms with Gasteiger partial charge in [0.05, 0.1) is 10.6 Å². The SMILES string of the molecule is CC(C)(O)c1ccc(O)cc1Cl. The highest BCUT2D eigenvalue weighted by molar-refractivity contribution is 6.31. The molecular formula is C9H11ClO2. The molecule has 1 aromatic rings. The molecule has 0 aliphatic carbocycles. The molecule has 0 amide bonds. The zero-order valence-electron chi connectivity index (χ0n) is 7.00. The number of rotatable bonds is 1. The Morgan fingerprint density at radius 2 is 1.92 bits per heavy atom. The highest BCUT2D eigenvalue weighted by atomic mass is 35.5. The number of halogens is 1. The third kappa shape index (κ3) is 1.90. The van der Waals surface area contributed by atoms with Crippen LogP contribution in [0.2, 0.25) is 5.02 Å². The molecule has 1 aromatic carbocycles. The van der Waals surface area contributed by atoms with Gasteiger partial charge in [0.2, 0.25) is 0 Å². The highest BCUT2D eigenvalue weighted by Crippen LogP contribution is 2.29. The van der Waals surface area contributed by atoms with Gasteiger partial charge in [0.15, 0.2) is 0 Å². The highest BCUT2D eigenvalue weighted by Gasteiger charge is 2.19. The Balaban J connectivity index is 3.19. The molecule has 0 saturated carbocycles. The average molecular weight is 187 g/mol. The second-order valence-corrected chi connectivity index (χ2v) is 3.63. The maximum atomic E-state index is 9.59. The van der Waals surface area contributed by atoms with E-state index in [4.69, 9.17) is 16.7 Å². The third-order valence-electron chi connectivity index (χ3n) is 1.61. The van der Waals surface area contributed by atoms with Crippen molar-refractivity contribution in [2.75, 3.05) is 0 Å². The summed E-state index contributed by atoms with van der Waals surface area (Å²) in [7, 11) is 0. The molecular weight excluding hydrogens is 176 g/mol. The molecule has 3 heteroatoms. The van der Waals surface area contributed by atoms with Crippen LogP contribution in [0, 0.1) is 0 Å². The van der Waals surface area contributed by atoms with Crippen molar-refractivity contribution < 1.29 is 10.2 Å². The number of aromatic hydroxyl groups is 1. The summed E-state index contributed by atoms with van der Waals surface area (Å²) in [5.74, 6) is 0.105. The second kappa shape index (κ2) is 2.96. The van der Waals surface area contributed by atoms with Gasteiger partial charge in [-0.2, -0.15) is 0 Å². The van der Waals surface area contributed by atoms with Crippen LogP contribution in [0.1, 0.15) is 19.4 Å². The van der Waals surface area contributed by atoms with Crippen LogP contribution in [0.15, 0.2) is 18.2 Å². The van der Waals surface area contributed by atoms with E-state index in [1.807, 2.05) is 0 Å². The molecule has 0 aromatic heterocycles. The summed E-state index contributed by atoms with van der Waals surface area (Å²) in [4.78, 5) is 0. The molecule has 0 bridgehead atoms. The number of hydrogen-bond acceptors (Lipinski definition) is 2. The van der Waals surface area contributed by atoms with Gasteiger partial charge in [0, 0.05) is 5.56 Å². The van der Waals surface area contributed by atoms with Crippen molar-refractivity contribution in [2.45, 2.75) is 19.4 Å². The van der Waals surface area contributed by atoms with Crippen LogP contribution in [0.4, 0.5) is 0 Å². The summed E-state index contributed by atoms with van der Waals surface area (Å²) in [6.07, 6.45) is 0. The molecule has 0 spiro atoms. The number of phenols is 1. The van der Waals surface area contributed by atoms with Gasteiger partial charge in [-0.3, -0.25) is 0 Å². The smallest absolute Gasteiger partial charge is 0.117 e. The van der Waals surface area contributed by atoms with Crippen LogP contribution in [0.25, 0.3) is 0 Å². The molecule has 0 radical (unpaired) electrons. The van der Waals surface area contributed by atoms with E-state index < -0.39 is 5.60 Å². The molecule has 66 valence electrons. The molecule has 2 N–H and O–H groups in total. The molecule has 0 saturated heterocycles. The molecule has 1 rings (SSSR count). The van der Waals surface area contributed by atoms with Crippen LogP contribution in [0.5, 0.6) is 5.75 Å². The molecule has 0 fully saturated rings. The first kappa shape index (κ1) is 9.36. The zero-order chi connectivity index (χ0) is 9.35. The van der Waals surface area contributed by atoms with Crippen LogP contribution in [-0.2, 0) is 5.60 Å². The largest absolute Gasteiger partial charge is 0.508 e. The van der Waals surface area contributed by atoms with Crippen molar-refractivity contribution >= 4 is 11.6 Å². The average Bonchev–Trinajstić information content (AvgIpc) is 1.83. The Labute approximate surface area is 76.4 Å². The fourth-order valence-corrected chi connectivity index (χ4v) is 1.41. The summed E-state index contributed by atoms with van der Waals surface area (Å²) >= 11 is 5.79. The summed E-state index contributed by atoms with van der Waals surface area (Å²) in [5.41, 5.74) is -0.355. The fourth-order valence-electron chi connectivity index (χ4n) is 1.00. The molecule has 12 heavy (non-hydrogen) atoms. The molecule has 0 heterocycles. The lowest BCUT2D eigenvalue weighted by molar-refractivity contribution is 0.0787. The standard InChI is InChI=1S/C9H11ClO2/c1-9(2,12)7-4-3-6(11)5-8(7)10/h3-5,11-12H,1-2H3. The first-order valence-electron chi connectivity index (χ1n) is 3.62. The quantitative estimate of drug-likeness (QED) is 0.707. The van der Waals surface area contributed by atoms with Crippen molar-refractivity contribution in [3.05, 3.63) is 28.8 Å². The van der Waals surface area contributed by atoms with Crippen LogP contribution in [0.3, 0.4) is 0 Å². The number of aliphatic hydroxyl groups is 1. The minimum atomic E-state index is -0.967. The van der Waals surface area contributed by atoms with Gasteiger partial charge in [-0.05, 0) is 26.0 Å². The monoisotopic (exact) mass is 186 g/mol. The van der Waals surface area contributed by atoms with E-state index in [1.54, 1.807) is 19.9 Å². The molecule has 0 atom stereocenters. The van der Waals surface area contributed by atoms with E-state index in [0.717, 1.165) is 0 Å². The van der Waals surface area contributed by atoms with Crippen molar-refractivity contribution in [1.82, 2.24) is 0 Å². The number of benzene rings is 1. The summed E-state index contributed by atoms with van der Waals surface area (Å²) in [6, 6.07) is 4.52. The van der Waals surface area contributed by atoms with Crippen LogP contribution in [-0.4, -0.2) is 10.2 Å². The molecule has 0 unspecified atom stereocenters. The lowest BCUT2D eigenvalue weighted by Gasteiger charge is -2.18. The lowest BCUT2D eigenvalue weighted by atomic mass is 9.98. The van der Waals surface area contributed by atoms with Gasteiger partial charge in [0.25, 0.3) is 0 Å². The Morgan fingerprint density at radius 3 is 2.33 bits per heavy atom. The van der Waals surface area contributed by atoms with Crippen molar-refractivity contribution in [3.8, 4) is 5.75 Å². The molecule has 2 nitrogen and oxygen atoms in total. The molecule has 0 aliphatic heterocycles. The van der Waals surface area contributed by atoms with Gasteiger partial charge in [-0.15, -0.1) is 0 Å². The third-order valence-corrected chi connectivity index (χ3v) is 1.92. The van der Waals surface area contributed by atoms with Gasteiger partial charge in [0.1, 0.15) is 5.75 Å². The summed E-state index contributed by atoms with van der Waals surface area (Å²) in [6.45, 7) is 3.29. The first-order valence-corrected chi connectivity index (χ1v) is 4.00. The normalized spacial score (nSPS) is 11.7. The lowest BCUT2D eigenvalue weighted by Crippen LogP contribution is -2.15. The van der Waals surface area contributed by atoms with E-state index in [0.29, 0.717) is 10.6 Å². The van der Waals surface area contributed by atoms with Crippen LogP contribution >= 0.6 is 11.6 Å². The summed E-state index contributed by atoms with van der Waals surface area (Å²) in [5, 5.41) is 19.0. The van der Waals surface area contributed by atoms with E-state index in [2.05, 4.69) is 0 Å². The second-order valence-electron chi connectivity index (χ2n) is 3.22. The van der Waals surface area contributed by atoms with Crippen molar-refractivity contribution in [2.24, 2.45) is 0 Å². The van der Waals surface area contributed by atoms with E-state index in [9.17, 15) is 5.11 Å². The minimum Gasteiger partial charge on any atom is -0.508 e. The first-order chi connectivity index (χ1) is 5.41. The number of hydrogen-bond donors (Lipinski definition) is 2. The Hall–Kier alpha value is -0.730. The van der Waals surface area contributed by atoms with Crippen LogP contribution < -0.4 is 0 Å². The minimum absolute atomic E-state index is 0.105.